The van der Waals surface area contributed by atoms with Crippen molar-refractivity contribution in [3.8, 4) is 0 Å². The fourth-order valence-corrected chi connectivity index (χ4v) is 2.04. The highest BCUT2D eigenvalue weighted by molar-refractivity contribution is 5.92. The summed E-state index contributed by atoms with van der Waals surface area (Å²) in [6, 6.07) is 8.79. The van der Waals surface area contributed by atoms with Gasteiger partial charge in [0.1, 0.15) is 5.82 Å². The molecule has 2 rings (SSSR count). The van der Waals surface area contributed by atoms with Gasteiger partial charge < -0.3 is 10.1 Å². The molecule has 2 aromatic rings. The van der Waals surface area contributed by atoms with Gasteiger partial charge in [-0.3, -0.25) is 9.78 Å². The first-order chi connectivity index (χ1) is 11.4. The second kappa shape index (κ2) is 7.68. The molecule has 0 aliphatic heterocycles. The highest BCUT2D eigenvalue weighted by Crippen LogP contribution is 2.13. The number of carbonyl (C=O) groups is 2. The molecule has 0 fully saturated rings. The molecule has 1 aromatic carbocycles. The number of nitrogens with zero attached hydrogens (tertiary/aromatic N) is 1. The summed E-state index contributed by atoms with van der Waals surface area (Å²) in [5.74, 6) is -1.38. The smallest absolute Gasteiger partial charge is 0.340 e. The topological polar surface area (TPSA) is 68.3 Å². The number of nitrogens with one attached hydrogen (secondary N) is 1. The summed E-state index contributed by atoms with van der Waals surface area (Å²) in [5, 5.41) is 2.73. The van der Waals surface area contributed by atoms with Gasteiger partial charge in [-0.25, -0.2) is 9.18 Å². The quantitative estimate of drug-likeness (QED) is 0.856. The molecule has 5 nitrogen and oxygen atoms in total. The Kier molecular flexibility index (Phi) is 5.63. The summed E-state index contributed by atoms with van der Waals surface area (Å²) in [7, 11) is 0. The van der Waals surface area contributed by atoms with E-state index in [9.17, 15) is 14.0 Å². The van der Waals surface area contributed by atoms with E-state index in [-0.39, 0.29) is 17.4 Å². The normalized spacial score (nSPS) is 13.0. The SMILES string of the molecule is Cc1ccc(C(=O)OC(C)C(=O)NC(C)c2ccc(F)cc2)cn1. The molecule has 1 heterocycles. The lowest BCUT2D eigenvalue weighted by Crippen LogP contribution is -2.37. The lowest BCUT2D eigenvalue weighted by atomic mass is 10.1. The summed E-state index contributed by atoms with van der Waals surface area (Å²) >= 11 is 0. The Labute approximate surface area is 139 Å². The predicted molar refractivity (Wildman–Crippen MR) is 86.8 cm³/mol. The molecule has 0 aliphatic rings. The molecule has 24 heavy (non-hydrogen) atoms. The van der Waals surface area contributed by atoms with E-state index >= 15 is 0 Å². The van der Waals surface area contributed by atoms with Crippen molar-refractivity contribution in [3.05, 3.63) is 65.2 Å². The van der Waals surface area contributed by atoms with Crippen LogP contribution in [0.15, 0.2) is 42.6 Å². The monoisotopic (exact) mass is 330 g/mol. The Morgan fingerprint density at radius 1 is 1.12 bits per heavy atom. The van der Waals surface area contributed by atoms with Gasteiger partial charge in [0, 0.05) is 11.9 Å². The minimum absolute atomic E-state index is 0.284. The minimum atomic E-state index is -0.957. The first kappa shape index (κ1) is 17.6. The number of halogens is 1. The molecule has 0 saturated heterocycles. The number of benzene rings is 1. The summed E-state index contributed by atoms with van der Waals surface area (Å²) < 4.78 is 18.1. The number of carbonyl (C=O) groups excluding carboxylic acids is 2. The molecule has 0 aliphatic carbocycles. The lowest BCUT2D eigenvalue weighted by Gasteiger charge is -2.18. The zero-order valence-electron chi connectivity index (χ0n) is 13.7. The van der Waals surface area contributed by atoms with Crippen molar-refractivity contribution in [1.82, 2.24) is 10.3 Å². The van der Waals surface area contributed by atoms with Crippen LogP contribution in [-0.4, -0.2) is 23.0 Å². The number of aryl methyl sites for hydroxylation is 1. The summed E-state index contributed by atoms with van der Waals surface area (Å²) in [6.45, 7) is 5.07. The minimum Gasteiger partial charge on any atom is -0.449 e. The van der Waals surface area contributed by atoms with Crippen molar-refractivity contribution in [2.24, 2.45) is 0 Å². The third kappa shape index (κ3) is 4.62. The Balaban J connectivity index is 1.92. The fourth-order valence-electron chi connectivity index (χ4n) is 2.04. The molecular weight excluding hydrogens is 311 g/mol. The van der Waals surface area contributed by atoms with E-state index in [2.05, 4.69) is 10.3 Å². The van der Waals surface area contributed by atoms with Crippen LogP contribution in [0.1, 0.15) is 41.5 Å². The average molecular weight is 330 g/mol. The van der Waals surface area contributed by atoms with E-state index in [4.69, 9.17) is 4.74 Å². The van der Waals surface area contributed by atoms with E-state index in [1.54, 1.807) is 31.2 Å². The fraction of sp³-hybridized carbons (Fsp3) is 0.278. The number of ether oxygens (including phenoxy) is 1. The van der Waals surface area contributed by atoms with E-state index < -0.39 is 18.0 Å². The van der Waals surface area contributed by atoms with Crippen LogP contribution in [0.5, 0.6) is 0 Å². The molecule has 2 atom stereocenters. The van der Waals surface area contributed by atoms with Gasteiger partial charge in [0.05, 0.1) is 11.6 Å². The molecule has 0 saturated carbocycles. The van der Waals surface area contributed by atoms with E-state index in [1.165, 1.54) is 25.3 Å². The summed E-state index contributed by atoms with van der Waals surface area (Å²) in [5.41, 5.74) is 1.82. The van der Waals surface area contributed by atoms with Gasteiger partial charge in [0.2, 0.25) is 0 Å². The molecular formula is C18H19FN2O3. The molecule has 1 N–H and O–H groups in total. The number of amides is 1. The van der Waals surface area contributed by atoms with Crippen LogP contribution < -0.4 is 5.32 Å². The van der Waals surface area contributed by atoms with Crippen molar-refractivity contribution in [1.29, 1.82) is 0 Å². The zero-order chi connectivity index (χ0) is 17.7. The molecule has 2 unspecified atom stereocenters. The van der Waals surface area contributed by atoms with Crippen molar-refractivity contribution in [2.75, 3.05) is 0 Å². The van der Waals surface area contributed by atoms with Gasteiger partial charge in [-0.15, -0.1) is 0 Å². The second-order valence-electron chi connectivity index (χ2n) is 5.52. The summed E-state index contributed by atoms with van der Waals surface area (Å²) in [4.78, 5) is 28.1. The Morgan fingerprint density at radius 2 is 1.79 bits per heavy atom. The number of aromatic nitrogens is 1. The molecule has 1 aromatic heterocycles. The highest BCUT2D eigenvalue weighted by atomic mass is 19.1. The van der Waals surface area contributed by atoms with Gasteiger partial charge >= 0.3 is 5.97 Å². The maximum Gasteiger partial charge on any atom is 0.340 e. The van der Waals surface area contributed by atoms with E-state index in [1.807, 2.05) is 6.92 Å². The Bertz CT molecular complexity index is 714. The van der Waals surface area contributed by atoms with Gasteiger partial charge in [-0.2, -0.15) is 0 Å². The average Bonchev–Trinajstić information content (AvgIpc) is 2.55. The Hall–Kier alpha value is -2.76. The van der Waals surface area contributed by atoms with Crippen LogP contribution in [0.3, 0.4) is 0 Å². The highest BCUT2D eigenvalue weighted by Gasteiger charge is 2.21. The van der Waals surface area contributed by atoms with Gasteiger partial charge in [0.15, 0.2) is 6.10 Å². The van der Waals surface area contributed by atoms with Crippen LogP contribution in [-0.2, 0) is 9.53 Å². The molecule has 0 bridgehead atoms. The van der Waals surface area contributed by atoms with Crippen molar-refractivity contribution in [3.63, 3.8) is 0 Å². The largest absolute Gasteiger partial charge is 0.449 e. The molecule has 0 radical (unpaired) electrons. The Morgan fingerprint density at radius 3 is 2.38 bits per heavy atom. The maximum atomic E-state index is 12.9. The second-order valence-corrected chi connectivity index (χ2v) is 5.52. The van der Waals surface area contributed by atoms with Crippen molar-refractivity contribution >= 4 is 11.9 Å². The third-order valence-electron chi connectivity index (χ3n) is 3.53. The lowest BCUT2D eigenvalue weighted by molar-refractivity contribution is -0.129. The maximum absolute atomic E-state index is 12.9. The predicted octanol–water partition coefficient (Wildman–Crippen LogP) is 2.95. The van der Waals surface area contributed by atoms with Gasteiger partial charge in [-0.05, 0) is 50.6 Å². The van der Waals surface area contributed by atoms with Crippen molar-refractivity contribution in [2.45, 2.75) is 32.9 Å². The number of rotatable bonds is 5. The first-order valence-corrected chi connectivity index (χ1v) is 7.56. The number of hydrogen-bond donors (Lipinski definition) is 1. The van der Waals surface area contributed by atoms with Gasteiger partial charge in [-0.1, -0.05) is 12.1 Å². The van der Waals surface area contributed by atoms with Crippen LogP contribution in [0.4, 0.5) is 4.39 Å². The number of hydrogen-bond acceptors (Lipinski definition) is 4. The van der Waals surface area contributed by atoms with E-state index in [0.29, 0.717) is 0 Å². The van der Waals surface area contributed by atoms with E-state index in [0.717, 1.165) is 11.3 Å². The molecule has 6 heteroatoms. The first-order valence-electron chi connectivity index (χ1n) is 7.56. The summed E-state index contributed by atoms with van der Waals surface area (Å²) in [6.07, 6.45) is 0.449. The number of esters is 1. The van der Waals surface area contributed by atoms with Crippen LogP contribution in [0.25, 0.3) is 0 Å². The standard InChI is InChI=1S/C18H19FN2O3/c1-11-4-5-15(10-20-11)18(23)24-13(3)17(22)21-12(2)14-6-8-16(19)9-7-14/h4-10,12-13H,1-3H3,(H,21,22). The zero-order valence-corrected chi connectivity index (χ0v) is 13.7. The number of pyridine rings is 1. The van der Waals surface area contributed by atoms with Crippen molar-refractivity contribution < 1.29 is 18.7 Å². The molecule has 1 amide bonds. The van der Waals surface area contributed by atoms with Crippen LogP contribution in [0.2, 0.25) is 0 Å². The van der Waals surface area contributed by atoms with Crippen LogP contribution >= 0.6 is 0 Å². The third-order valence-corrected chi connectivity index (χ3v) is 3.53. The molecule has 0 spiro atoms. The van der Waals surface area contributed by atoms with Gasteiger partial charge in [0.25, 0.3) is 5.91 Å². The molecule has 126 valence electrons. The van der Waals surface area contributed by atoms with Crippen LogP contribution in [0, 0.1) is 12.7 Å².